The molecule has 0 unspecified atom stereocenters. The fourth-order valence-electron chi connectivity index (χ4n) is 1.55. The first-order valence-corrected chi connectivity index (χ1v) is 5.11. The third kappa shape index (κ3) is 3.27. The predicted molar refractivity (Wildman–Crippen MR) is 63.2 cm³/mol. The van der Waals surface area contributed by atoms with E-state index in [2.05, 4.69) is 6.58 Å². The smallest absolute Gasteiger partial charge is 0.269 e. The molecule has 1 aromatic heterocycles. The number of aromatic nitrogens is 2. The number of halogens is 1. The van der Waals surface area contributed by atoms with Gasteiger partial charge in [0.15, 0.2) is 0 Å². The van der Waals surface area contributed by atoms with Crippen molar-refractivity contribution in [2.75, 3.05) is 0 Å². The molecule has 5 nitrogen and oxygen atoms in total. The normalized spacial score (nSPS) is 9.56. The molecule has 0 fully saturated rings. The second kappa shape index (κ2) is 6.11. The van der Waals surface area contributed by atoms with Gasteiger partial charge in [-0.05, 0) is 17.7 Å². The van der Waals surface area contributed by atoms with Crippen molar-refractivity contribution in [1.29, 1.82) is 0 Å². The molecule has 1 aromatic carbocycles. The summed E-state index contributed by atoms with van der Waals surface area (Å²) in [5, 5.41) is 10.5. The van der Waals surface area contributed by atoms with Gasteiger partial charge in [-0.3, -0.25) is 10.1 Å². The average Bonchev–Trinajstić information content (AvgIpc) is 2.77. The quantitative estimate of drug-likeness (QED) is 0.406. The van der Waals surface area contributed by atoms with Crippen molar-refractivity contribution in [3.8, 4) is 0 Å². The highest BCUT2D eigenvalue weighted by Gasteiger charge is 2.06. The molecule has 0 bridgehead atoms. The Labute approximate surface area is 115 Å². The van der Waals surface area contributed by atoms with Crippen molar-refractivity contribution in [1.82, 2.24) is 4.57 Å². The maximum Gasteiger partial charge on any atom is 0.269 e. The number of nitro groups is 1. The maximum atomic E-state index is 10.5. The zero-order valence-corrected chi connectivity index (χ0v) is 11.2. The summed E-state index contributed by atoms with van der Waals surface area (Å²) in [5.41, 5.74) is 1.13. The van der Waals surface area contributed by atoms with Gasteiger partial charge in [0.2, 0.25) is 6.33 Å². The van der Waals surface area contributed by atoms with Crippen LogP contribution in [0.15, 0.2) is 49.6 Å². The van der Waals surface area contributed by atoms with Crippen LogP contribution in [-0.4, -0.2) is 9.49 Å². The lowest BCUT2D eigenvalue weighted by atomic mass is 10.2. The fourth-order valence-corrected chi connectivity index (χ4v) is 1.55. The molecule has 0 atom stereocenters. The Morgan fingerprint density at radius 2 is 2.06 bits per heavy atom. The van der Waals surface area contributed by atoms with E-state index in [9.17, 15) is 10.1 Å². The second-order valence-electron chi connectivity index (χ2n) is 3.64. The van der Waals surface area contributed by atoms with Crippen molar-refractivity contribution in [2.24, 2.45) is 0 Å². The minimum atomic E-state index is -0.398. The standard InChI is InChI=1S/C12H12N3O2.BrH/c1-2-13-7-8-14(10-13)9-11-3-5-12(6-4-11)15(16)17;/h2-8,10H,1,9H2;1H/q+1;/p-1. The largest absolute Gasteiger partial charge is 1.00 e. The molecule has 94 valence electrons. The van der Waals surface area contributed by atoms with E-state index in [1.54, 1.807) is 18.3 Å². The summed E-state index contributed by atoms with van der Waals surface area (Å²) < 4.78 is 3.81. The molecule has 0 saturated heterocycles. The van der Waals surface area contributed by atoms with Gasteiger partial charge in [-0.15, -0.1) is 0 Å². The van der Waals surface area contributed by atoms with Crippen LogP contribution in [0.4, 0.5) is 5.69 Å². The van der Waals surface area contributed by atoms with Gasteiger partial charge in [-0.25, -0.2) is 9.13 Å². The second-order valence-corrected chi connectivity index (χ2v) is 3.64. The van der Waals surface area contributed by atoms with Gasteiger partial charge >= 0.3 is 0 Å². The van der Waals surface area contributed by atoms with E-state index >= 15 is 0 Å². The Bertz CT molecular complexity index is 549. The summed E-state index contributed by atoms with van der Waals surface area (Å²) in [5.74, 6) is 0. The molecule has 6 heteroatoms. The van der Waals surface area contributed by atoms with Gasteiger partial charge in [0, 0.05) is 12.1 Å². The number of hydrogen-bond acceptors (Lipinski definition) is 2. The van der Waals surface area contributed by atoms with Crippen LogP contribution in [0, 0.1) is 10.1 Å². The van der Waals surface area contributed by atoms with E-state index in [1.807, 2.05) is 27.9 Å². The molecule has 0 aliphatic carbocycles. The van der Waals surface area contributed by atoms with E-state index in [0.29, 0.717) is 6.54 Å². The zero-order chi connectivity index (χ0) is 12.3. The summed E-state index contributed by atoms with van der Waals surface area (Å²) >= 11 is 0. The van der Waals surface area contributed by atoms with Gasteiger partial charge in [0.1, 0.15) is 18.9 Å². The lowest BCUT2D eigenvalue weighted by molar-refractivity contribution is -0.687. The van der Waals surface area contributed by atoms with E-state index in [-0.39, 0.29) is 22.7 Å². The Morgan fingerprint density at radius 1 is 1.39 bits per heavy atom. The summed E-state index contributed by atoms with van der Waals surface area (Å²) in [6.45, 7) is 4.34. The molecule has 0 N–H and O–H groups in total. The highest BCUT2D eigenvalue weighted by Crippen LogP contribution is 2.11. The summed E-state index contributed by atoms with van der Waals surface area (Å²) in [7, 11) is 0. The minimum absolute atomic E-state index is 0. The zero-order valence-electron chi connectivity index (χ0n) is 9.57. The number of benzene rings is 1. The highest BCUT2D eigenvalue weighted by molar-refractivity contribution is 5.32. The first-order valence-electron chi connectivity index (χ1n) is 5.11. The first kappa shape index (κ1) is 14.1. The van der Waals surface area contributed by atoms with Crippen LogP contribution in [0.25, 0.3) is 6.20 Å². The molecule has 18 heavy (non-hydrogen) atoms. The van der Waals surface area contributed by atoms with E-state index in [1.165, 1.54) is 12.1 Å². The van der Waals surface area contributed by atoms with Crippen LogP contribution in [0.1, 0.15) is 5.56 Å². The fraction of sp³-hybridized carbons (Fsp3) is 0.0833. The molecule has 0 amide bonds. The van der Waals surface area contributed by atoms with Crippen LogP contribution in [0.5, 0.6) is 0 Å². The predicted octanol–water partition coefficient (Wildman–Crippen LogP) is -1.16. The van der Waals surface area contributed by atoms with Crippen LogP contribution in [0.2, 0.25) is 0 Å². The number of nitro benzene ring substituents is 1. The molecule has 0 aliphatic heterocycles. The maximum absolute atomic E-state index is 10.5. The Hall–Kier alpha value is -1.95. The number of rotatable bonds is 4. The molecule has 2 aromatic rings. The Morgan fingerprint density at radius 3 is 2.56 bits per heavy atom. The van der Waals surface area contributed by atoms with E-state index in [4.69, 9.17) is 0 Å². The van der Waals surface area contributed by atoms with Crippen LogP contribution in [0.3, 0.4) is 0 Å². The van der Waals surface area contributed by atoms with Gasteiger partial charge < -0.3 is 17.0 Å². The van der Waals surface area contributed by atoms with Crippen molar-refractivity contribution in [3.63, 3.8) is 0 Å². The number of imidazole rings is 1. The molecule has 0 radical (unpaired) electrons. The van der Waals surface area contributed by atoms with Crippen molar-refractivity contribution in [3.05, 3.63) is 65.2 Å². The van der Waals surface area contributed by atoms with Crippen LogP contribution < -0.4 is 21.5 Å². The van der Waals surface area contributed by atoms with Gasteiger partial charge in [0.05, 0.1) is 11.1 Å². The van der Waals surface area contributed by atoms with Crippen molar-refractivity contribution in [2.45, 2.75) is 6.54 Å². The average molecular weight is 310 g/mol. The monoisotopic (exact) mass is 309 g/mol. The van der Waals surface area contributed by atoms with Crippen molar-refractivity contribution >= 4 is 11.9 Å². The third-order valence-corrected chi connectivity index (χ3v) is 2.44. The first-order chi connectivity index (χ1) is 8.19. The summed E-state index contributed by atoms with van der Waals surface area (Å²) in [6.07, 6.45) is 7.40. The molecular formula is C12H12BrN3O2. The topological polar surface area (TPSA) is 52.0 Å². The number of hydrogen-bond donors (Lipinski definition) is 0. The van der Waals surface area contributed by atoms with Gasteiger partial charge in [0.25, 0.3) is 5.69 Å². The van der Waals surface area contributed by atoms with Gasteiger partial charge in [-0.1, -0.05) is 6.58 Å². The third-order valence-electron chi connectivity index (χ3n) is 2.44. The molecule has 0 spiro atoms. The van der Waals surface area contributed by atoms with Crippen molar-refractivity contribution < 1.29 is 26.5 Å². The van der Waals surface area contributed by atoms with Crippen LogP contribution in [-0.2, 0) is 6.54 Å². The Kier molecular flexibility index (Phi) is 4.79. The number of non-ortho nitro benzene ring substituents is 1. The van der Waals surface area contributed by atoms with Crippen LogP contribution >= 0.6 is 0 Å². The molecular weight excluding hydrogens is 298 g/mol. The number of nitrogens with zero attached hydrogens (tertiary/aromatic N) is 3. The highest BCUT2D eigenvalue weighted by atomic mass is 79.9. The molecule has 2 rings (SSSR count). The summed E-state index contributed by atoms with van der Waals surface area (Å²) in [6, 6.07) is 6.55. The molecule has 1 heterocycles. The molecule has 0 aliphatic rings. The van der Waals surface area contributed by atoms with E-state index < -0.39 is 4.92 Å². The SMILES string of the molecule is C=Cn1cc[n+](Cc2ccc([N+](=O)[O-])cc2)c1.[Br-]. The van der Waals surface area contributed by atoms with Gasteiger partial charge in [-0.2, -0.15) is 0 Å². The van der Waals surface area contributed by atoms with E-state index in [0.717, 1.165) is 5.56 Å². The minimum Gasteiger partial charge on any atom is -1.00 e. The lowest BCUT2D eigenvalue weighted by Crippen LogP contribution is -3.00. The Balaban J connectivity index is 0.00000162. The molecule has 0 saturated carbocycles. The summed E-state index contributed by atoms with van der Waals surface area (Å²) in [4.78, 5) is 10.1. The lowest BCUT2D eigenvalue weighted by Gasteiger charge is -1.97.